The monoisotopic (exact) mass is 249 g/mol. The molecule has 2 rings (SSSR count). The van der Waals surface area contributed by atoms with Crippen molar-refractivity contribution in [3.8, 4) is 0 Å². The Hall–Kier alpha value is -1.39. The van der Waals surface area contributed by atoms with E-state index in [-0.39, 0.29) is 0 Å². The summed E-state index contributed by atoms with van der Waals surface area (Å²) >= 11 is 0. The minimum absolute atomic E-state index is 0.343. The molecule has 0 amide bonds. The van der Waals surface area contributed by atoms with Crippen LogP contribution in [0.5, 0.6) is 0 Å². The Balaban J connectivity index is 2.39. The lowest BCUT2D eigenvalue weighted by Gasteiger charge is -2.09. The second-order valence-electron chi connectivity index (χ2n) is 4.16. The number of sulfonamides is 1. The highest BCUT2D eigenvalue weighted by atomic mass is 32.2. The molecule has 0 fully saturated rings. The number of fused-ring (bicyclic) bond motifs is 1. The predicted octanol–water partition coefficient (Wildman–Crippen LogP) is 2.20. The maximum Gasteiger partial charge on any atom is 0.209 e. The van der Waals surface area contributed by atoms with Crippen molar-refractivity contribution < 1.29 is 8.42 Å². The molecule has 0 aliphatic rings. The molecule has 0 aromatic heterocycles. The summed E-state index contributed by atoms with van der Waals surface area (Å²) < 4.78 is 24.7. The molecule has 0 atom stereocenters. The maximum absolute atomic E-state index is 11.1. The van der Waals surface area contributed by atoms with Crippen molar-refractivity contribution in [3.05, 3.63) is 47.5 Å². The summed E-state index contributed by atoms with van der Waals surface area (Å²) in [5, 5.41) is 2.34. The van der Waals surface area contributed by atoms with Gasteiger partial charge in [0.1, 0.15) is 0 Å². The van der Waals surface area contributed by atoms with E-state index in [1.54, 1.807) is 0 Å². The van der Waals surface area contributed by atoms with Crippen LogP contribution >= 0.6 is 0 Å². The molecule has 3 nitrogen and oxygen atoms in total. The highest BCUT2D eigenvalue weighted by Gasteiger charge is 2.05. The van der Waals surface area contributed by atoms with Crippen molar-refractivity contribution in [3.63, 3.8) is 0 Å². The molecule has 0 aliphatic heterocycles. The SMILES string of the molecule is Cc1c(CNS(C)(=O)=O)ccc2ccccc12. The van der Waals surface area contributed by atoms with E-state index in [1.807, 2.05) is 31.2 Å². The van der Waals surface area contributed by atoms with Crippen molar-refractivity contribution in [2.24, 2.45) is 0 Å². The Labute approximate surface area is 102 Å². The molecule has 0 unspecified atom stereocenters. The second kappa shape index (κ2) is 4.47. The third-order valence-electron chi connectivity index (χ3n) is 2.84. The van der Waals surface area contributed by atoms with E-state index >= 15 is 0 Å². The van der Waals surface area contributed by atoms with Crippen LogP contribution in [0.15, 0.2) is 36.4 Å². The number of hydrogen-bond donors (Lipinski definition) is 1. The number of benzene rings is 2. The topological polar surface area (TPSA) is 46.2 Å². The Morgan fingerprint density at radius 1 is 1.12 bits per heavy atom. The van der Waals surface area contributed by atoms with Gasteiger partial charge in [0.25, 0.3) is 0 Å². The van der Waals surface area contributed by atoms with Crippen LogP contribution in [-0.2, 0) is 16.6 Å². The van der Waals surface area contributed by atoms with Crippen molar-refractivity contribution in [2.75, 3.05) is 6.26 Å². The largest absolute Gasteiger partial charge is 0.213 e. The molecule has 4 heteroatoms. The van der Waals surface area contributed by atoms with E-state index in [9.17, 15) is 8.42 Å². The lowest BCUT2D eigenvalue weighted by atomic mass is 10.0. The quantitative estimate of drug-likeness (QED) is 0.906. The summed E-state index contributed by atoms with van der Waals surface area (Å²) in [6, 6.07) is 12.1. The summed E-state index contributed by atoms with van der Waals surface area (Å²) in [4.78, 5) is 0. The average Bonchev–Trinajstić information content (AvgIpc) is 2.27. The summed E-state index contributed by atoms with van der Waals surface area (Å²) in [5.41, 5.74) is 2.13. The van der Waals surface area contributed by atoms with Gasteiger partial charge in [0, 0.05) is 6.54 Å². The van der Waals surface area contributed by atoms with Gasteiger partial charge >= 0.3 is 0 Å². The van der Waals surface area contributed by atoms with Gasteiger partial charge in [-0.1, -0.05) is 36.4 Å². The van der Waals surface area contributed by atoms with E-state index in [0.29, 0.717) is 6.54 Å². The van der Waals surface area contributed by atoms with E-state index < -0.39 is 10.0 Å². The van der Waals surface area contributed by atoms with Crippen LogP contribution in [0.25, 0.3) is 10.8 Å². The lowest BCUT2D eigenvalue weighted by molar-refractivity contribution is 0.587. The fourth-order valence-corrected chi connectivity index (χ4v) is 2.29. The zero-order chi connectivity index (χ0) is 12.5. The van der Waals surface area contributed by atoms with E-state index in [1.165, 1.54) is 17.0 Å². The molecular weight excluding hydrogens is 234 g/mol. The highest BCUT2D eigenvalue weighted by Crippen LogP contribution is 2.21. The minimum Gasteiger partial charge on any atom is -0.213 e. The average molecular weight is 249 g/mol. The Kier molecular flexibility index (Phi) is 3.17. The number of nitrogens with one attached hydrogen (secondary N) is 1. The predicted molar refractivity (Wildman–Crippen MR) is 70.4 cm³/mol. The molecule has 1 N–H and O–H groups in total. The van der Waals surface area contributed by atoms with Gasteiger partial charge in [0.2, 0.25) is 10.0 Å². The first-order valence-electron chi connectivity index (χ1n) is 5.39. The number of rotatable bonds is 3. The van der Waals surface area contributed by atoms with E-state index in [4.69, 9.17) is 0 Å². The molecular formula is C13H15NO2S. The van der Waals surface area contributed by atoms with Crippen molar-refractivity contribution in [1.82, 2.24) is 4.72 Å². The summed E-state index contributed by atoms with van der Waals surface area (Å²) in [5.74, 6) is 0. The first-order chi connectivity index (χ1) is 7.97. The van der Waals surface area contributed by atoms with Gasteiger partial charge in [-0.25, -0.2) is 13.1 Å². The fraction of sp³-hybridized carbons (Fsp3) is 0.231. The zero-order valence-corrected chi connectivity index (χ0v) is 10.7. The van der Waals surface area contributed by atoms with Crippen LogP contribution in [0.2, 0.25) is 0 Å². The Morgan fingerprint density at radius 2 is 1.82 bits per heavy atom. The second-order valence-corrected chi connectivity index (χ2v) is 6.00. The van der Waals surface area contributed by atoms with Crippen LogP contribution in [0, 0.1) is 6.92 Å². The maximum atomic E-state index is 11.1. The first-order valence-corrected chi connectivity index (χ1v) is 7.28. The van der Waals surface area contributed by atoms with E-state index in [2.05, 4.69) is 16.9 Å². The van der Waals surface area contributed by atoms with Crippen LogP contribution in [0.4, 0.5) is 0 Å². The normalized spacial score (nSPS) is 11.9. The molecule has 2 aromatic rings. The molecule has 90 valence electrons. The van der Waals surface area contributed by atoms with Gasteiger partial charge in [-0.15, -0.1) is 0 Å². The van der Waals surface area contributed by atoms with Gasteiger partial charge in [-0.3, -0.25) is 0 Å². The number of aryl methyl sites for hydroxylation is 1. The van der Waals surface area contributed by atoms with E-state index in [0.717, 1.165) is 11.1 Å². The third-order valence-corrected chi connectivity index (χ3v) is 3.50. The van der Waals surface area contributed by atoms with Crippen molar-refractivity contribution in [2.45, 2.75) is 13.5 Å². The van der Waals surface area contributed by atoms with Gasteiger partial charge in [0.05, 0.1) is 6.26 Å². The molecule has 2 aromatic carbocycles. The van der Waals surface area contributed by atoms with Crippen LogP contribution in [-0.4, -0.2) is 14.7 Å². The lowest BCUT2D eigenvalue weighted by Crippen LogP contribution is -2.21. The Bertz CT molecular complexity index is 648. The van der Waals surface area contributed by atoms with Crippen LogP contribution in [0.1, 0.15) is 11.1 Å². The van der Waals surface area contributed by atoms with Gasteiger partial charge < -0.3 is 0 Å². The molecule has 0 saturated heterocycles. The smallest absolute Gasteiger partial charge is 0.209 e. The zero-order valence-electron chi connectivity index (χ0n) is 9.90. The van der Waals surface area contributed by atoms with Crippen molar-refractivity contribution in [1.29, 1.82) is 0 Å². The summed E-state index contributed by atoms with van der Waals surface area (Å²) in [7, 11) is -3.14. The third kappa shape index (κ3) is 2.84. The van der Waals surface area contributed by atoms with Crippen molar-refractivity contribution >= 4 is 20.8 Å². The fourth-order valence-electron chi connectivity index (χ4n) is 1.87. The molecule has 0 saturated carbocycles. The minimum atomic E-state index is -3.14. The molecule has 0 heterocycles. The summed E-state index contributed by atoms with van der Waals surface area (Å²) in [6.45, 7) is 2.36. The van der Waals surface area contributed by atoms with Gasteiger partial charge in [-0.05, 0) is 28.8 Å². The standard InChI is InChI=1S/C13H15NO2S/c1-10-12(9-14-17(2,15)16)8-7-11-5-3-4-6-13(10)11/h3-8,14H,9H2,1-2H3. The first kappa shape index (κ1) is 12.1. The van der Waals surface area contributed by atoms with Gasteiger partial charge in [0.15, 0.2) is 0 Å². The molecule has 0 spiro atoms. The molecule has 0 bridgehead atoms. The highest BCUT2D eigenvalue weighted by molar-refractivity contribution is 7.88. The van der Waals surface area contributed by atoms with Crippen LogP contribution in [0.3, 0.4) is 0 Å². The Morgan fingerprint density at radius 3 is 2.53 bits per heavy atom. The molecule has 17 heavy (non-hydrogen) atoms. The summed E-state index contributed by atoms with van der Waals surface area (Å²) in [6.07, 6.45) is 1.17. The van der Waals surface area contributed by atoms with Crippen LogP contribution < -0.4 is 4.72 Å². The molecule has 0 aliphatic carbocycles. The molecule has 0 radical (unpaired) electrons. The van der Waals surface area contributed by atoms with Gasteiger partial charge in [-0.2, -0.15) is 0 Å². The number of hydrogen-bond acceptors (Lipinski definition) is 2.